The molecule has 6 heteroatoms. The number of pyridine rings is 1. The van der Waals surface area contributed by atoms with E-state index < -0.39 is 0 Å². The minimum atomic E-state index is -0.253. The molecule has 1 aliphatic heterocycles. The second kappa shape index (κ2) is 9.28. The highest BCUT2D eigenvalue weighted by molar-refractivity contribution is 5.95. The van der Waals surface area contributed by atoms with Gasteiger partial charge in [-0.1, -0.05) is 12.5 Å². The van der Waals surface area contributed by atoms with Gasteiger partial charge in [0, 0.05) is 30.2 Å². The van der Waals surface area contributed by atoms with Crippen molar-refractivity contribution in [3.63, 3.8) is 0 Å². The number of hydrogen-bond donors (Lipinski definition) is 2. The number of hydrogen-bond acceptors (Lipinski definition) is 4. The molecule has 2 aromatic rings. The third-order valence-corrected chi connectivity index (χ3v) is 4.91. The van der Waals surface area contributed by atoms with E-state index in [0.29, 0.717) is 17.8 Å². The molecule has 1 saturated heterocycles. The molecule has 0 aliphatic carbocycles. The highest BCUT2D eigenvalue weighted by Gasteiger charge is 2.23. The molecule has 0 bridgehead atoms. The Labute approximate surface area is 160 Å². The van der Waals surface area contributed by atoms with Crippen molar-refractivity contribution in [3.8, 4) is 0 Å². The number of rotatable bonds is 6. The van der Waals surface area contributed by atoms with Crippen LogP contribution in [-0.4, -0.2) is 41.3 Å². The molecule has 0 radical (unpaired) electrons. The van der Waals surface area contributed by atoms with Gasteiger partial charge >= 0.3 is 6.03 Å². The van der Waals surface area contributed by atoms with Gasteiger partial charge < -0.3 is 10.6 Å². The largest absolute Gasteiger partial charge is 0.336 e. The Morgan fingerprint density at radius 2 is 1.85 bits per heavy atom. The van der Waals surface area contributed by atoms with Gasteiger partial charge in [-0.3, -0.25) is 14.7 Å². The highest BCUT2D eigenvalue weighted by Crippen LogP contribution is 2.23. The lowest BCUT2D eigenvalue weighted by Gasteiger charge is -2.34. The lowest BCUT2D eigenvalue weighted by molar-refractivity contribution is 0.101. The number of anilines is 1. The van der Waals surface area contributed by atoms with Crippen LogP contribution in [0.1, 0.15) is 48.1 Å². The van der Waals surface area contributed by atoms with Crippen LogP contribution in [-0.2, 0) is 0 Å². The molecule has 1 fully saturated rings. The normalized spacial score (nSPS) is 15.7. The Morgan fingerprint density at radius 3 is 2.48 bits per heavy atom. The van der Waals surface area contributed by atoms with E-state index in [1.165, 1.54) is 26.2 Å². The van der Waals surface area contributed by atoms with Gasteiger partial charge in [0.1, 0.15) is 0 Å². The Morgan fingerprint density at radius 1 is 1.11 bits per heavy atom. The zero-order valence-electron chi connectivity index (χ0n) is 15.6. The standard InChI is InChI=1S/C21H26N4O2/c1-16(26)17-7-9-19(10-8-17)24-21(27)23-15-20(18-6-5-11-22-14-18)25-12-3-2-4-13-25/h5-11,14,20H,2-4,12-13,15H2,1H3,(H2,23,24,27)/t20-/m0/s1. The summed E-state index contributed by atoms with van der Waals surface area (Å²) in [4.78, 5) is 30.3. The molecule has 27 heavy (non-hydrogen) atoms. The van der Waals surface area contributed by atoms with Gasteiger partial charge in [-0.15, -0.1) is 0 Å². The SMILES string of the molecule is CC(=O)c1ccc(NC(=O)NC[C@@H](c2cccnc2)N2CCCCC2)cc1. The van der Waals surface area contributed by atoms with Crippen molar-refractivity contribution < 1.29 is 9.59 Å². The van der Waals surface area contributed by atoms with Crippen LogP contribution in [0.25, 0.3) is 0 Å². The van der Waals surface area contributed by atoms with E-state index >= 15 is 0 Å². The molecule has 2 amide bonds. The van der Waals surface area contributed by atoms with E-state index in [9.17, 15) is 9.59 Å². The number of nitrogens with one attached hydrogen (secondary N) is 2. The van der Waals surface area contributed by atoms with E-state index in [-0.39, 0.29) is 17.9 Å². The summed E-state index contributed by atoms with van der Waals surface area (Å²) in [5.74, 6) is 0.00634. The van der Waals surface area contributed by atoms with Crippen LogP contribution < -0.4 is 10.6 Å². The van der Waals surface area contributed by atoms with Crippen molar-refractivity contribution in [2.75, 3.05) is 25.0 Å². The minimum Gasteiger partial charge on any atom is -0.336 e. The number of likely N-dealkylation sites (tertiary alicyclic amines) is 1. The van der Waals surface area contributed by atoms with Gasteiger partial charge in [0.15, 0.2) is 5.78 Å². The summed E-state index contributed by atoms with van der Waals surface area (Å²) in [6.07, 6.45) is 7.28. The molecule has 1 atom stereocenters. The zero-order chi connectivity index (χ0) is 19.1. The molecule has 1 aromatic carbocycles. The number of benzene rings is 1. The lowest BCUT2D eigenvalue weighted by atomic mass is 10.0. The summed E-state index contributed by atoms with van der Waals surface area (Å²) in [6, 6.07) is 10.8. The van der Waals surface area contributed by atoms with Crippen LogP contribution in [0.3, 0.4) is 0 Å². The maximum absolute atomic E-state index is 12.3. The molecule has 0 saturated carbocycles. The predicted octanol–water partition coefficient (Wildman–Crippen LogP) is 3.63. The number of nitrogens with zero attached hydrogens (tertiary/aromatic N) is 2. The molecule has 142 valence electrons. The molecule has 0 unspecified atom stereocenters. The number of carbonyl (C=O) groups is 2. The van der Waals surface area contributed by atoms with Crippen LogP contribution in [0.4, 0.5) is 10.5 Å². The van der Waals surface area contributed by atoms with Crippen molar-refractivity contribution in [3.05, 3.63) is 59.9 Å². The third kappa shape index (κ3) is 5.37. The number of piperidine rings is 1. The van der Waals surface area contributed by atoms with Crippen LogP contribution >= 0.6 is 0 Å². The monoisotopic (exact) mass is 366 g/mol. The van der Waals surface area contributed by atoms with Gasteiger partial charge in [0.25, 0.3) is 0 Å². The quantitative estimate of drug-likeness (QED) is 0.766. The zero-order valence-corrected chi connectivity index (χ0v) is 15.6. The van der Waals surface area contributed by atoms with E-state index in [1.807, 2.05) is 12.3 Å². The number of carbonyl (C=O) groups excluding carboxylic acids is 2. The molecule has 2 heterocycles. The van der Waals surface area contributed by atoms with Crippen molar-refractivity contribution in [1.82, 2.24) is 15.2 Å². The van der Waals surface area contributed by atoms with Crippen molar-refractivity contribution in [1.29, 1.82) is 0 Å². The first kappa shape index (κ1) is 19.0. The summed E-state index contributed by atoms with van der Waals surface area (Å²) >= 11 is 0. The first-order valence-electron chi connectivity index (χ1n) is 9.43. The fourth-order valence-corrected chi connectivity index (χ4v) is 3.41. The van der Waals surface area contributed by atoms with Crippen LogP contribution in [0, 0.1) is 0 Å². The highest BCUT2D eigenvalue weighted by atomic mass is 16.2. The molecule has 3 rings (SSSR count). The van der Waals surface area contributed by atoms with Crippen molar-refractivity contribution in [2.24, 2.45) is 0 Å². The minimum absolute atomic E-state index is 0.00634. The number of aromatic nitrogens is 1. The number of urea groups is 1. The number of amides is 2. The van der Waals surface area contributed by atoms with E-state index in [2.05, 4.69) is 26.6 Å². The molecule has 2 N–H and O–H groups in total. The van der Waals surface area contributed by atoms with E-state index in [1.54, 1.807) is 30.5 Å². The van der Waals surface area contributed by atoms with Crippen LogP contribution in [0.5, 0.6) is 0 Å². The van der Waals surface area contributed by atoms with E-state index in [0.717, 1.165) is 18.7 Å². The van der Waals surface area contributed by atoms with Gasteiger partial charge in [-0.05, 0) is 68.8 Å². The Kier molecular flexibility index (Phi) is 6.54. The Hall–Kier alpha value is -2.73. The summed E-state index contributed by atoms with van der Waals surface area (Å²) in [5.41, 5.74) is 2.40. The van der Waals surface area contributed by atoms with Crippen molar-refractivity contribution in [2.45, 2.75) is 32.2 Å². The first-order chi connectivity index (χ1) is 13.1. The smallest absolute Gasteiger partial charge is 0.319 e. The topological polar surface area (TPSA) is 74.3 Å². The molecule has 0 spiro atoms. The predicted molar refractivity (Wildman–Crippen MR) is 106 cm³/mol. The average molecular weight is 366 g/mol. The number of ketones is 1. The first-order valence-corrected chi connectivity index (χ1v) is 9.43. The number of Topliss-reactive ketones (excluding diaryl/α,β-unsaturated/α-hetero) is 1. The van der Waals surface area contributed by atoms with E-state index in [4.69, 9.17) is 0 Å². The summed E-state index contributed by atoms with van der Waals surface area (Å²) in [6.45, 7) is 4.11. The Bertz CT molecular complexity index is 756. The maximum atomic E-state index is 12.3. The maximum Gasteiger partial charge on any atom is 0.319 e. The Balaban J connectivity index is 1.60. The second-order valence-corrected chi connectivity index (χ2v) is 6.87. The summed E-state index contributed by atoms with van der Waals surface area (Å²) in [5, 5.41) is 5.80. The summed E-state index contributed by atoms with van der Waals surface area (Å²) < 4.78 is 0. The summed E-state index contributed by atoms with van der Waals surface area (Å²) in [7, 11) is 0. The molecular formula is C21H26N4O2. The third-order valence-electron chi connectivity index (χ3n) is 4.91. The van der Waals surface area contributed by atoms with Crippen molar-refractivity contribution >= 4 is 17.5 Å². The lowest BCUT2D eigenvalue weighted by Crippen LogP contribution is -2.41. The van der Waals surface area contributed by atoms with Crippen LogP contribution in [0.15, 0.2) is 48.8 Å². The fourth-order valence-electron chi connectivity index (χ4n) is 3.41. The van der Waals surface area contributed by atoms with Crippen LogP contribution in [0.2, 0.25) is 0 Å². The van der Waals surface area contributed by atoms with Gasteiger partial charge in [-0.25, -0.2) is 4.79 Å². The molecule has 6 nitrogen and oxygen atoms in total. The van der Waals surface area contributed by atoms with Gasteiger partial charge in [-0.2, -0.15) is 0 Å². The van der Waals surface area contributed by atoms with Gasteiger partial charge in [0.2, 0.25) is 0 Å². The second-order valence-electron chi connectivity index (χ2n) is 6.87. The molecule has 1 aromatic heterocycles. The molecule has 1 aliphatic rings. The fraction of sp³-hybridized carbons (Fsp3) is 0.381. The van der Waals surface area contributed by atoms with Gasteiger partial charge in [0.05, 0.1) is 6.04 Å². The molecular weight excluding hydrogens is 340 g/mol. The average Bonchev–Trinajstić information content (AvgIpc) is 2.70.